The van der Waals surface area contributed by atoms with Crippen LogP contribution in [0, 0.1) is 10.1 Å². The van der Waals surface area contributed by atoms with Crippen molar-refractivity contribution in [3.8, 4) is 0 Å². The molecule has 5 heteroatoms. The van der Waals surface area contributed by atoms with E-state index < -0.39 is 0 Å². The van der Waals surface area contributed by atoms with Crippen LogP contribution in [0.3, 0.4) is 0 Å². The third kappa shape index (κ3) is 3.28. The summed E-state index contributed by atoms with van der Waals surface area (Å²) in [6, 6.07) is 7.57. The van der Waals surface area contributed by atoms with Crippen LogP contribution >= 0.6 is 0 Å². The lowest BCUT2D eigenvalue weighted by Gasteiger charge is -2.38. The highest BCUT2D eigenvalue weighted by Crippen LogP contribution is 2.24. The molecule has 1 aliphatic heterocycles. The summed E-state index contributed by atoms with van der Waals surface area (Å²) in [5.41, 5.74) is 1.25. The molecule has 0 bridgehead atoms. The fraction of sp³-hybridized carbons (Fsp3) is 0.600. The topological polar surface area (TPSA) is 49.6 Å². The maximum absolute atomic E-state index is 10.7. The van der Waals surface area contributed by atoms with Crippen LogP contribution in [0.4, 0.5) is 11.4 Å². The van der Waals surface area contributed by atoms with Gasteiger partial charge in [-0.3, -0.25) is 10.1 Å². The predicted octanol–water partition coefficient (Wildman–Crippen LogP) is 2.91. The molecule has 0 N–H and O–H groups in total. The van der Waals surface area contributed by atoms with Gasteiger partial charge in [-0.05, 0) is 38.1 Å². The maximum atomic E-state index is 10.7. The second kappa shape index (κ2) is 6.70. The summed E-state index contributed by atoms with van der Waals surface area (Å²) >= 11 is 0. The molecule has 5 nitrogen and oxygen atoms in total. The highest BCUT2D eigenvalue weighted by atomic mass is 16.6. The standard InChI is InChI=1S/C15H23N3O2/c1-3-16(4-2)14-9-11-17(12-10-14)13-5-7-15(8-6-13)18(19)20/h5-8,14H,3-4,9-12H2,1-2H3. The molecule has 0 unspecified atom stereocenters. The fourth-order valence-corrected chi connectivity index (χ4v) is 3.01. The molecule has 1 fully saturated rings. The Hall–Kier alpha value is -1.62. The first kappa shape index (κ1) is 14.8. The van der Waals surface area contributed by atoms with Crippen molar-refractivity contribution < 1.29 is 4.92 Å². The third-order valence-electron chi connectivity index (χ3n) is 4.22. The van der Waals surface area contributed by atoms with E-state index in [9.17, 15) is 10.1 Å². The smallest absolute Gasteiger partial charge is 0.269 e. The summed E-state index contributed by atoms with van der Waals surface area (Å²) < 4.78 is 0. The minimum absolute atomic E-state index is 0.159. The van der Waals surface area contributed by atoms with Crippen LogP contribution in [0.15, 0.2) is 24.3 Å². The van der Waals surface area contributed by atoms with E-state index in [4.69, 9.17) is 0 Å². The van der Waals surface area contributed by atoms with Crippen LogP contribution in [0.2, 0.25) is 0 Å². The number of benzene rings is 1. The summed E-state index contributed by atoms with van der Waals surface area (Å²) in [6.07, 6.45) is 2.33. The van der Waals surface area contributed by atoms with Crippen molar-refractivity contribution in [1.82, 2.24) is 4.90 Å². The Bertz CT molecular complexity index is 435. The van der Waals surface area contributed by atoms with Crippen LogP contribution in [0.25, 0.3) is 0 Å². The van der Waals surface area contributed by atoms with Gasteiger partial charge in [0.1, 0.15) is 0 Å². The Labute approximate surface area is 120 Å². The van der Waals surface area contributed by atoms with Gasteiger partial charge < -0.3 is 9.80 Å². The Morgan fingerprint density at radius 1 is 1.20 bits per heavy atom. The van der Waals surface area contributed by atoms with Crippen molar-refractivity contribution in [3.05, 3.63) is 34.4 Å². The summed E-state index contributed by atoms with van der Waals surface area (Å²) in [5.74, 6) is 0. The lowest BCUT2D eigenvalue weighted by Crippen LogP contribution is -2.44. The van der Waals surface area contributed by atoms with E-state index >= 15 is 0 Å². The van der Waals surface area contributed by atoms with E-state index in [1.807, 2.05) is 12.1 Å². The number of nitro benzene ring substituents is 1. The molecule has 0 aliphatic carbocycles. The van der Waals surface area contributed by atoms with Crippen molar-refractivity contribution in [2.45, 2.75) is 32.7 Å². The van der Waals surface area contributed by atoms with Gasteiger partial charge in [0, 0.05) is 37.0 Å². The fourth-order valence-electron chi connectivity index (χ4n) is 3.01. The second-order valence-corrected chi connectivity index (χ2v) is 5.21. The second-order valence-electron chi connectivity index (χ2n) is 5.21. The number of non-ortho nitro benzene ring substituents is 1. The summed E-state index contributed by atoms with van der Waals surface area (Å²) in [7, 11) is 0. The molecule has 0 radical (unpaired) electrons. The molecule has 0 amide bonds. The van der Waals surface area contributed by atoms with Gasteiger partial charge in [0.15, 0.2) is 0 Å². The van der Waals surface area contributed by atoms with E-state index in [0.717, 1.165) is 31.9 Å². The Morgan fingerprint density at radius 3 is 2.20 bits per heavy atom. The van der Waals surface area contributed by atoms with Crippen LogP contribution in [-0.4, -0.2) is 42.0 Å². The minimum Gasteiger partial charge on any atom is -0.371 e. The summed E-state index contributed by atoms with van der Waals surface area (Å²) in [6.45, 7) is 8.70. The normalized spacial score (nSPS) is 16.6. The highest BCUT2D eigenvalue weighted by molar-refractivity contribution is 5.51. The van der Waals surface area contributed by atoms with Crippen molar-refractivity contribution in [2.75, 3.05) is 31.1 Å². The van der Waals surface area contributed by atoms with Gasteiger partial charge >= 0.3 is 0 Å². The van der Waals surface area contributed by atoms with Gasteiger partial charge in [0.25, 0.3) is 5.69 Å². The van der Waals surface area contributed by atoms with E-state index in [1.165, 1.54) is 12.8 Å². The molecule has 2 rings (SSSR count). The quantitative estimate of drug-likeness (QED) is 0.613. The van der Waals surface area contributed by atoms with Crippen LogP contribution in [0.1, 0.15) is 26.7 Å². The first-order valence-corrected chi connectivity index (χ1v) is 7.39. The Morgan fingerprint density at radius 2 is 1.75 bits per heavy atom. The Balaban J connectivity index is 1.95. The molecular weight excluding hydrogens is 254 g/mol. The first-order valence-electron chi connectivity index (χ1n) is 7.39. The van der Waals surface area contributed by atoms with Crippen molar-refractivity contribution in [2.24, 2.45) is 0 Å². The van der Waals surface area contributed by atoms with Gasteiger partial charge in [-0.15, -0.1) is 0 Å². The van der Waals surface area contributed by atoms with E-state index in [0.29, 0.717) is 6.04 Å². The number of anilines is 1. The number of nitro groups is 1. The molecule has 1 saturated heterocycles. The SMILES string of the molecule is CCN(CC)C1CCN(c2ccc([N+](=O)[O-])cc2)CC1. The van der Waals surface area contributed by atoms with Crippen LogP contribution in [-0.2, 0) is 0 Å². The molecular formula is C15H23N3O2. The zero-order chi connectivity index (χ0) is 14.5. The number of hydrogen-bond acceptors (Lipinski definition) is 4. The highest BCUT2D eigenvalue weighted by Gasteiger charge is 2.23. The molecule has 0 aromatic heterocycles. The Kier molecular flexibility index (Phi) is 4.95. The van der Waals surface area contributed by atoms with Gasteiger partial charge in [-0.2, -0.15) is 0 Å². The molecule has 1 aliphatic rings. The lowest BCUT2D eigenvalue weighted by atomic mass is 10.0. The molecule has 1 aromatic rings. The zero-order valence-corrected chi connectivity index (χ0v) is 12.3. The maximum Gasteiger partial charge on any atom is 0.269 e. The van der Waals surface area contributed by atoms with Crippen molar-refractivity contribution >= 4 is 11.4 Å². The average Bonchev–Trinajstić information content (AvgIpc) is 2.49. The average molecular weight is 277 g/mol. The van der Waals surface area contributed by atoms with E-state index in [2.05, 4.69) is 23.6 Å². The summed E-state index contributed by atoms with van der Waals surface area (Å²) in [4.78, 5) is 15.2. The predicted molar refractivity (Wildman–Crippen MR) is 81.3 cm³/mol. The zero-order valence-electron chi connectivity index (χ0n) is 12.3. The first-order chi connectivity index (χ1) is 9.65. The lowest BCUT2D eigenvalue weighted by molar-refractivity contribution is -0.384. The van der Waals surface area contributed by atoms with Crippen molar-refractivity contribution in [3.63, 3.8) is 0 Å². The molecule has 0 atom stereocenters. The van der Waals surface area contributed by atoms with Crippen LogP contribution < -0.4 is 4.90 Å². The van der Waals surface area contributed by atoms with E-state index in [-0.39, 0.29) is 10.6 Å². The van der Waals surface area contributed by atoms with Crippen LogP contribution in [0.5, 0.6) is 0 Å². The molecule has 1 aromatic carbocycles. The minimum atomic E-state index is -0.351. The number of rotatable bonds is 5. The number of piperidine rings is 1. The largest absolute Gasteiger partial charge is 0.371 e. The van der Waals surface area contributed by atoms with Gasteiger partial charge in [-0.1, -0.05) is 13.8 Å². The number of hydrogen-bond donors (Lipinski definition) is 0. The molecule has 0 spiro atoms. The van der Waals surface area contributed by atoms with Crippen molar-refractivity contribution in [1.29, 1.82) is 0 Å². The van der Waals surface area contributed by atoms with Gasteiger partial charge in [-0.25, -0.2) is 0 Å². The molecule has 20 heavy (non-hydrogen) atoms. The molecule has 110 valence electrons. The van der Waals surface area contributed by atoms with Gasteiger partial charge in [0.2, 0.25) is 0 Å². The van der Waals surface area contributed by atoms with Gasteiger partial charge in [0.05, 0.1) is 4.92 Å². The summed E-state index contributed by atoms with van der Waals surface area (Å²) in [5, 5.41) is 10.7. The number of nitrogens with zero attached hydrogens (tertiary/aromatic N) is 3. The third-order valence-corrected chi connectivity index (χ3v) is 4.22. The monoisotopic (exact) mass is 277 g/mol. The molecule has 1 heterocycles. The van der Waals surface area contributed by atoms with E-state index in [1.54, 1.807) is 12.1 Å². The molecule has 0 saturated carbocycles.